The molecule has 22 heavy (non-hydrogen) atoms. The van der Waals surface area contributed by atoms with Gasteiger partial charge in [0.2, 0.25) is 0 Å². The molecular weight excluding hydrogens is 268 g/mol. The number of para-hydroxylation sites is 2. The van der Waals surface area contributed by atoms with Crippen molar-refractivity contribution in [2.75, 3.05) is 11.4 Å². The molecular formula is C20H18N2. The number of nitrogens with zero attached hydrogens (tertiary/aromatic N) is 2. The fourth-order valence-electron chi connectivity index (χ4n) is 4.06. The van der Waals surface area contributed by atoms with Gasteiger partial charge < -0.3 is 9.47 Å². The molecule has 0 bridgehead atoms. The van der Waals surface area contributed by atoms with E-state index in [2.05, 4.69) is 77.2 Å². The van der Waals surface area contributed by atoms with Crippen molar-refractivity contribution in [3.8, 4) is 5.69 Å². The quantitative estimate of drug-likeness (QED) is 0.600. The first-order chi connectivity index (χ1) is 10.8. The SMILES string of the molecule is Cc1ccc2c(c1)C1c3cccn3-c3ccccc3N1CC2. The summed E-state index contributed by atoms with van der Waals surface area (Å²) >= 11 is 0. The van der Waals surface area contributed by atoms with Crippen LogP contribution in [0, 0.1) is 6.92 Å². The van der Waals surface area contributed by atoms with Crippen LogP contribution >= 0.6 is 0 Å². The second kappa shape index (κ2) is 4.26. The van der Waals surface area contributed by atoms with Crippen LogP contribution < -0.4 is 4.90 Å². The minimum atomic E-state index is 0.341. The molecule has 3 aromatic rings. The smallest absolute Gasteiger partial charge is 0.0953 e. The third-order valence-electron chi connectivity index (χ3n) is 5.04. The van der Waals surface area contributed by atoms with Crippen LogP contribution in [0.1, 0.15) is 28.4 Å². The maximum absolute atomic E-state index is 2.58. The first-order valence-corrected chi connectivity index (χ1v) is 7.96. The minimum absolute atomic E-state index is 0.341. The van der Waals surface area contributed by atoms with E-state index in [0.717, 1.165) is 13.0 Å². The largest absolute Gasteiger partial charge is 0.357 e. The van der Waals surface area contributed by atoms with Crippen LogP contribution in [0.15, 0.2) is 60.8 Å². The van der Waals surface area contributed by atoms with Gasteiger partial charge in [-0.25, -0.2) is 0 Å². The predicted molar refractivity (Wildman–Crippen MR) is 89.8 cm³/mol. The summed E-state index contributed by atoms with van der Waals surface area (Å²) in [6.45, 7) is 3.28. The van der Waals surface area contributed by atoms with Crippen molar-refractivity contribution in [1.82, 2.24) is 4.57 Å². The van der Waals surface area contributed by atoms with Crippen molar-refractivity contribution in [1.29, 1.82) is 0 Å². The molecule has 0 spiro atoms. The van der Waals surface area contributed by atoms with E-state index in [9.17, 15) is 0 Å². The molecule has 108 valence electrons. The molecule has 0 radical (unpaired) electrons. The number of aromatic nitrogens is 1. The molecule has 2 heteroatoms. The number of anilines is 1. The van der Waals surface area contributed by atoms with Gasteiger partial charge in [0.15, 0.2) is 0 Å². The van der Waals surface area contributed by atoms with Crippen LogP contribution in [0.2, 0.25) is 0 Å². The lowest BCUT2D eigenvalue weighted by molar-refractivity contribution is 0.610. The summed E-state index contributed by atoms with van der Waals surface area (Å²) in [5.74, 6) is 0. The highest BCUT2D eigenvalue weighted by Gasteiger charge is 2.35. The molecule has 0 saturated carbocycles. The molecule has 2 aromatic carbocycles. The molecule has 2 aliphatic rings. The van der Waals surface area contributed by atoms with Gasteiger partial charge in [0.25, 0.3) is 0 Å². The number of benzene rings is 2. The fraction of sp³-hybridized carbons (Fsp3) is 0.200. The van der Waals surface area contributed by atoms with Gasteiger partial charge in [0, 0.05) is 18.4 Å². The lowest BCUT2D eigenvalue weighted by Crippen LogP contribution is -2.40. The van der Waals surface area contributed by atoms with Crippen molar-refractivity contribution >= 4 is 5.69 Å². The van der Waals surface area contributed by atoms with Gasteiger partial charge >= 0.3 is 0 Å². The zero-order valence-corrected chi connectivity index (χ0v) is 12.7. The molecule has 2 nitrogen and oxygen atoms in total. The van der Waals surface area contributed by atoms with Gasteiger partial charge in [-0.15, -0.1) is 0 Å². The van der Waals surface area contributed by atoms with Gasteiger partial charge in [-0.05, 0) is 48.7 Å². The van der Waals surface area contributed by atoms with Gasteiger partial charge in [-0.3, -0.25) is 0 Å². The standard InChI is InChI=1S/C20H18N2/c1-14-8-9-15-10-12-22-18-6-3-2-5-17(18)21-11-4-7-19(21)20(22)16(15)13-14/h2-9,11,13,20H,10,12H2,1H3. The molecule has 1 aromatic heterocycles. The lowest BCUT2D eigenvalue weighted by Gasteiger charge is -2.43. The first-order valence-electron chi connectivity index (χ1n) is 7.96. The number of hydrogen-bond donors (Lipinski definition) is 0. The first kappa shape index (κ1) is 12.1. The summed E-state index contributed by atoms with van der Waals surface area (Å²) < 4.78 is 2.36. The van der Waals surface area contributed by atoms with Crippen LogP contribution in [-0.4, -0.2) is 11.1 Å². The number of hydrogen-bond acceptors (Lipinski definition) is 1. The van der Waals surface area contributed by atoms with E-state index in [1.807, 2.05) is 0 Å². The molecule has 3 heterocycles. The van der Waals surface area contributed by atoms with Crippen LogP contribution in [0.25, 0.3) is 5.69 Å². The Kier molecular flexibility index (Phi) is 2.34. The van der Waals surface area contributed by atoms with Gasteiger partial charge in [0.1, 0.15) is 0 Å². The van der Waals surface area contributed by atoms with E-state index in [-0.39, 0.29) is 0 Å². The Morgan fingerprint density at radius 2 is 1.82 bits per heavy atom. The van der Waals surface area contributed by atoms with Crippen LogP contribution in [-0.2, 0) is 6.42 Å². The Morgan fingerprint density at radius 1 is 0.955 bits per heavy atom. The van der Waals surface area contributed by atoms with Gasteiger partial charge in [0.05, 0.1) is 17.4 Å². The zero-order valence-electron chi connectivity index (χ0n) is 12.7. The van der Waals surface area contributed by atoms with Crippen molar-refractivity contribution in [2.24, 2.45) is 0 Å². The normalized spacial score (nSPS) is 18.2. The van der Waals surface area contributed by atoms with Crippen LogP contribution in [0.5, 0.6) is 0 Å². The van der Waals surface area contributed by atoms with E-state index in [1.54, 1.807) is 0 Å². The highest BCUT2D eigenvalue weighted by atomic mass is 15.2. The molecule has 2 aliphatic heterocycles. The Bertz CT molecular complexity index is 875. The van der Waals surface area contributed by atoms with Crippen molar-refractivity contribution in [2.45, 2.75) is 19.4 Å². The Morgan fingerprint density at radius 3 is 2.73 bits per heavy atom. The van der Waals surface area contributed by atoms with Crippen molar-refractivity contribution < 1.29 is 0 Å². The highest BCUT2D eigenvalue weighted by Crippen LogP contribution is 2.45. The van der Waals surface area contributed by atoms with Crippen LogP contribution in [0.3, 0.4) is 0 Å². The summed E-state index contributed by atoms with van der Waals surface area (Å²) in [6.07, 6.45) is 3.32. The molecule has 0 fully saturated rings. The van der Waals surface area contributed by atoms with Crippen LogP contribution in [0.4, 0.5) is 5.69 Å². The Labute approximate surface area is 130 Å². The van der Waals surface area contributed by atoms with E-state index in [0.29, 0.717) is 6.04 Å². The van der Waals surface area contributed by atoms with Crippen molar-refractivity contribution in [3.05, 3.63) is 83.2 Å². The molecule has 5 rings (SSSR count). The van der Waals surface area contributed by atoms with E-state index < -0.39 is 0 Å². The molecule has 1 atom stereocenters. The monoisotopic (exact) mass is 286 g/mol. The number of fused-ring (bicyclic) bond motifs is 8. The highest BCUT2D eigenvalue weighted by molar-refractivity contribution is 5.70. The molecule has 0 saturated heterocycles. The molecule has 1 unspecified atom stereocenters. The topological polar surface area (TPSA) is 8.17 Å². The van der Waals surface area contributed by atoms with E-state index >= 15 is 0 Å². The zero-order chi connectivity index (χ0) is 14.7. The summed E-state index contributed by atoms with van der Waals surface area (Å²) in [6, 6.07) is 20.5. The average molecular weight is 286 g/mol. The maximum atomic E-state index is 2.58. The maximum Gasteiger partial charge on any atom is 0.0953 e. The Balaban J connectivity index is 1.81. The van der Waals surface area contributed by atoms with Crippen molar-refractivity contribution in [3.63, 3.8) is 0 Å². The lowest BCUT2D eigenvalue weighted by atomic mass is 9.87. The third-order valence-corrected chi connectivity index (χ3v) is 5.04. The summed E-state index contributed by atoms with van der Waals surface area (Å²) in [7, 11) is 0. The summed E-state index contributed by atoms with van der Waals surface area (Å²) in [4.78, 5) is 2.58. The van der Waals surface area contributed by atoms with Gasteiger partial charge in [-0.2, -0.15) is 0 Å². The second-order valence-corrected chi connectivity index (χ2v) is 6.34. The molecule has 0 amide bonds. The number of aryl methyl sites for hydroxylation is 1. The second-order valence-electron chi connectivity index (χ2n) is 6.34. The summed E-state index contributed by atoms with van der Waals surface area (Å²) in [5, 5.41) is 0. The summed E-state index contributed by atoms with van der Waals surface area (Å²) in [5.41, 5.74) is 8.35. The molecule has 0 aliphatic carbocycles. The van der Waals surface area contributed by atoms with E-state index in [1.165, 1.54) is 33.8 Å². The Hall–Kier alpha value is -2.48. The fourth-order valence-corrected chi connectivity index (χ4v) is 4.06. The number of rotatable bonds is 0. The third kappa shape index (κ3) is 1.50. The van der Waals surface area contributed by atoms with Gasteiger partial charge in [-0.1, -0.05) is 35.9 Å². The molecule has 0 N–H and O–H groups in total. The average Bonchev–Trinajstić information content (AvgIpc) is 3.04. The van der Waals surface area contributed by atoms with E-state index in [4.69, 9.17) is 0 Å². The minimum Gasteiger partial charge on any atom is -0.357 e. The predicted octanol–water partition coefficient (Wildman–Crippen LogP) is 4.25.